The third-order valence-corrected chi connectivity index (χ3v) is 5.30. The summed E-state index contributed by atoms with van der Waals surface area (Å²) in [6.45, 7) is 4.55. The van der Waals surface area contributed by atoms with Crippen LogP contribution < -0.4 is 10.6 Å². The molecule has 0 heterocycles. The Morgan fingerprint density at radius 3 is 2.55 bits per heavy atom. The van der Waals surface area contributed by atoms with Crippen molar-refractivity contribution in [1.29, 1.82) is 0 Å². The van der Waals surface area contributed by atoms with Crippen LogP contribution in [0.2, 0.25) is 0 Å². The molecular formula is C16H22F2N2S2. The molecule has 0 saturated heterocycles. The number of halogens is 2. The Morgan fingerprint density at radius 2 is 1.91 bits per heavy atom. The zero-order chi connectivity index (χ0) is 16.1. The van der Waals surface area contributed by atoms with Crippen molar-refractivity contribution in [2.75, 3.05) is 5.32 Å². The summed E-state index contributed by atoms with van der Waals surface area (Å²) >= 11 is 5.91. The van der Waals surface area contributed by atoms with E-state index in [1.165, 1.54) is 12.8 Å². The molecule has 1 saturated carbocycles. The normalized spacial score (nSPS) is 25.0. The van der Waals surface area contributed by atoms with Crippen molar-refractivity contribution in [3.63, 3.8) is 0 Å². The number of anilines is 1. The van der Waals surface area contributed by atoms with E-state index in [-0.39, 0.29) is 0 Å². The lowest BCUT2D eigenvalue weighted by molar-refractivity contribution is 0.225. The van der Waals surface area contributed by atoms with Crippen molar-refractivity contribution < 1.29 is 8.78 Å². The summed E-state index contributed by atoms with van der Waals surface area (Å²) in [5, 5.41) is 7.12. The van der Waals surface area contributed by atoms with Gasteiger partial charge in [-0.15, -0.1) is 0 Å². The van der Waals surface area contributed by atoms with E-state index >= 15 is 0 Å². The van der Waals surface area contributed by atoms with Crippen molar-refractivity contribution >= 4 is 34.8 Å². The van der Waals surface area contributed by atoms with Crippen molar-refractivity contribution in [2.24, 2.45) is 11.8 Å². The van der Waals surface area contributed by atoms with Crippen molar-refractivity contribution in [1.82, 2.24) is 5.32 Å². The molecule has 0 bridgehead atoms. The summed E-state index contributed by atoms with van der Waals surface area (Å²) < 4.78 is 24.6. The number of hydrogen-bond donors (Lipinski definition) is 2. The summed E-state index contributed by atoms with van der Waals surface area (Å²) in [5.41, 5.74) is 0.813. The molecule has 6 heteroatoms. The molecule has 22 heavy (non-hydrogen) atoms. The fourth-order valence-corrected chi connectivity index (χ4v) is 3.61. The van der Waals surface area contributed by atoms with Gasteiger partial charge in [-0.3, -0.25) is 0 Å². The first kappa shape index (κ1) is 17.5. The van der Waals surface area contributed by atoms with Crippen LogP contribution in [0.15, 0.2) is 29.2 Å². The number of nitrogens with one attached hydrogen (secondary N) is 2. The second-order valence-corrected chi connectivity index (χ2v) is 7.35. The van der Waals surface area contributed by atoms with Gasteiger partial charge in [0.05, 0.1) is 0 Å². The zero-order valence-electron chi connectivity index (χ0n) is 12.8. The average Bonchev–Trinajstić information content (AvgIpc) is 2.45. The maximum Gasteiger partial charge on any atom is 0.288 e. The molecule has 0 radical (unpaired) electrons. The molecule has 0 aliphatic heterocycles. The third kappa shape index (κ3) is 5.09. The van der Waals surface area contributed by atoms with Crippen LogP contribution in [0.25, 0.3) is 0 Å². The standard InChI is InChI=1S/C16H22F2N2S2/c1-10-4-3-5-14(11(10)2)20-16(21)19-12-6-8-13(9-7-12)22-15(17)18/h6-11,14-15H,3-5H2,1-2H3,(H2,19,20,21)/t10-,11+,14+/m1/s1. The number of rotatable bonds is 4. The lowest BCUT2D eigenvalue weighted by atomic mass is 9.78. The van der Waals surface area contributed by atoms with Gasteiger partial charge in [-0.05, 0) is 54.7 Å². The highest BCUT2D eigenvalue weighted by Gasteiger charge is 2.27. The van der Waals surface area contributed by atoms with Gasteiger partial charge >= 0.3 is 0 Å². The second kappa shape index (κ2) is 8.11. The summed E-state index contributed by atoms with van der Waals surface area (Å²) in [6.07, 6.45) is 3.64. The molecular weight excluding hydrogens is 322 g/mol. The largest absolute Gasteiger partial charge is 0.359 e. The molecule has 3 atom stereocenters. The van der Waals surface area contributed by atoms with Gasteiger partial charge < -0.3 is 10.6 Å². The van der Waals surface area contributed by atoms with Crippen LogP contribution in [0.1, 0.15) is 33.1 Å². The van der Waals surface area contributed by atoms with Crippen LogP contribution in [0.4, 0.5) is 14.5 Å². The number of thiocarbonyl (C=S) groups is 1. The number of hydrogen-bond acceptors (Lipinski definition) is 2. The minimum atomic E-state index is -2.39. The molecule has 0 spiro atoms. The first-order valence-electron chi connectivity index (χ1n) is 7.58. The summed E-state index contributed by atoms with van der Waals surface area (Å²) in [4.78, 5) is 0.550. The van der Waals surface area contributed by atoms with Gasteiger partial charge in [0.2, 0.25) is 0 Å². The first-order chi connectivity index (χ1) is 10.5. The lowest BCUT2D eigenvalue weighted by Gasteiger charge is -2.35. The maximum absolute atomic E-state index is 12.3. The lowest BCUT2D eigenvalue weighted by Crippen LogP contribution is -2.45. The summed E-state index contributed by atoms with van der Waals surface area (Å²) in [5.74, 6) is -1.09. The van der Waals surface area contributed by atoms with Gasteiger partial charge in [-0.2, -0.15) is 8.78 Å². The molecule has 1 aromatic rings. The Morgan fingerprint density at radius 1 is 1.23 bits per heavy atom. The van der Waals surface area contributed by atoms with E-state index in [0.29, 0.717) is 39.6 Å². The molecule has 2 nitrogen and oxygen atoms in total. The van der Waals surface area contributed by atoms with E-state index in [2.05, 4.69) is 24.5 Å². The van der Waals surface area contributed by atoms with Gasteiger partial charge in [-0.25, -0.2) is 0 Å². The van der Waals surface area contributed by atoms with E-state index in [1.807, 2.05) is 0 Å². The second-order valence-electron chi connectivity index (χ2n) is 5.88. The monoisotopic (exact) mass is 344 g/mol. The summed E-state index contributed by atoms with van der Waals surface area (Å²) in [7, 11) is 0. The van der Waals surface area contributed by atoms with Gasteiger partial charge in [0.1, 0.15) is 0 Å². The Balaban J connectivity index is 1.86. The Hall–Kier alpha value is -0.880. The molecule has 0 amide bonds. The Bertz CT molecular complexity index is 493. The first-order valence-corrected chi connectivity index (χ1v) is 8.87. The molecule has 2 N–H and O–H groups in total. The SMILES string of the molecule is C[C@H]1[C@H](C)CCC[C@@H]1NC(=S)Nc1ccc(SC(F)F)cc1. The maximum atomic E-state index is 12.3. The quantitative estimate of drug-likeness (QED) is 0.585. The average molecular weight is 344 g/mol. The number of thioether (sulfide) groups is 1. The van der Waals surface area contributed by atoms with Crippen LogP contribution in [0.5, 0.6) is 0 Å². The van der Waals surface area contributed by atoms with E-state index in [1.54, 1.807) is 24.3 Å². The molecule has 1 aliphatic rings. The van der Waals surface area contributed by atoms with E-state index in [0.717, 1.165) is 12.1 Å². The van der Waals surface area contributed by atoms with Gasteiger partial charge in [0, 0.05) is 16.6 Å². The van der Waals surface area contributed by atoms with E-state index in [4.69, 9.17) is 12.2 Å². The molecule has 2 rings (SSSR count). The van der Waals surface area contributed by atoms with Crippen LogP contribution >= 0.6 is 24.0 Å². The Kier molecular flexibility index (Phi) is 6.44. The molecule has 1 aromatic carbocycles. The number of benzene rings is 1. The van der Waals surface area contributed by atoms with E-state index in [9.17, 15) is 8.78 Å². The highest BCUT2D eigenvalue weighted by Crippen LogP contribution is 2.29. The molecule has 1 aliphatic carbocycles. The van der Waals surface area contributed by atoms with Crippen molar-refractivity contribution in [2.45, 2.75) is 49.8 Å². The van der Waals surface area contributed by atoms with Crippen LogP contribution in [0, 0.1) is 11.8 Å². The van der Waals surface area contributed by atoms with Gasteiger partial charge in [-0.1, -0.05) is 38.5 Å². The summed E-state index contributed by atoms with van der Waals surface area (Å²) in [6, 6.07) is 7.29. The van der Waals surface area contributed by atoms with Crippen molar-refractivity contribution in [3.8, 4) is 0 Å². The predicted molar refractivity (Wildman–Crippen MR) is 93.6 cm³/mol. The minimum absolute atomic E-state index is 0.400. The van der Waals surface area contributed by atoms with Crippen LogP contribution in [0.3, 0.4) is 0 Å². The Labute approximate surface area is 140 Å². The van der Waals surface area contributed by atoms with Gasteiger partial charge in [0.15, 0.2) is 5.11 Å². The topological polar surface area (TPSA) is 24.1 Å². The fourth-order valence-electron chi connectivity index (χ4n) is 2.84. The highest BCUT2D eigenvalue weighted by atomic mass is 32.2. The zero-order valence-corrected chi connectivity index (χ0v) is 14.4. The number of alkyl halides is 2. The fraction of sp³-hybridized carbons (Fsp3) is 0.562. The molecule has 0 unspecified atom stereocenters. The van der Waals surface area contributed by atoms with E-state index < -0.39 is 5.76 Å². The van der Waals surface area contributed by atoms with Crippen LogP contribution in [-0.4, -0.2) is 16.9 Å². The van der Waals surface area contributed by atoms with Gasteiger partial charge in [0.25, 0.3) is 5.76 Å². The molecule has 0 aromatic heterocycles. The third-order valence-electron chi connectivity index (χ3n) is 4.36. The molecule has 1 fully saturated rings. The molecule has 122 valence electrons. The highest BCUT2D eigenvalue weighted by molar-refractivity contribution is 7.99. The minimum Gasteiger partial charge on any atom is -0.359 e. The smallest absolute Gasteiger partial charge is 0.288 e. The predicted octanol–water partition coefficient (Wildman–Crippen LogP) is 5.11. The van der Waals surface area contributed by atoms with Crippen molar-refractivity contribution in [3.05, 3.63) is 24.3 Å². The van der Waals surface area contributed by atoms with Crippen LogP contribution in [-0.2, 0) is 0 Å².